The molecular formula is C22H16ClN3O4S2. The van der Waals surface area contributed by atoms with Crippen LogP contribution in [-0.2, 0) is 26.2 Å². The molecule has 0 bridgehead atoms. The molecule has 1 unspecified atom stereocenters. The molecule has 0 radical (unpaired) electrons. The lowest BCUT2D eigenvalue weighted by atomic mass is 10.2. The van der Waals surface area contributed by atoms with Crippen molar-refractivity contribution in [2.75, 3.05) is 4.90 Å². The number of rotatable bonds is 6. The van der Waals surface area contributed by atoms with Gasteiger partial charge < -0.3 is 0 Å². The molecule has 1 saturated heterocycles. The van der Waals surface area contributed by atoms with E-state index in [2.05, 4.69) is 0 Å². The summed E-state index contributed by atoms with van der Waals surface area (Å²) in [5.74, 6) is -1.16. The zero-order chi connectivity index (χ0) is 22.9. The highest BCUT2D eigenvalue weighted by molar-refractivity contribution is 7.91. The second-order valence-electron chi connectivity index (χ2n) is 7.02. The highest BCUT2D eigenvalue weighted by Gasteiger charge is 2.47. The van der Waals surface area contributed by atoms with Gasteiger partial charge in [-0.3, -0.25) is 9.59 Å². The van der Waals surface area contributed by atoms with Gasteiger partial charge in [0.05, 0.1) is 23.7 Å². The van der Waals surface area contributed by atoms with E-state index in [4.69, 9.17) is 16.9 Å². The van der Waals surface area contributed by atoms with Gasteiger partial charge in [-0.05, 0) is 47.3 Å². The Morgan fingerprint density at radius 2 is 1.81 bits per heavy atom. The molecule has 2 heterocycles. The number of hydrogen-bond acceptors (Lipinski definition) is 6. The third kappa shape index (κ3) is 4.06. The Kier molecular flexibility index (Phi) is 6.13. The molecule has 1 fully saturated rings. The fourth-order valence-corrected chi connectivity index (χ4v) is 6.35. The first-order valence-electron chi connectivity index (χ1n) is 9.48. The third-order valence-electron chi connectivity index (χ3n) is 5.07. The summed E-state index contributed by atoms with van der Waals surface area (Å²) in [6, 6.07) is 16.5. The molecule has 1 atom stereocenters. The van der Waals surface area contributed by atoms with E-state index in [-0.39, 0.29) is 22.9 Å². The van der Waals surface area contributed by atoms with E-state index in [1.165, 1.54) is 30.3 Å². The first kappa shape index (κ1) is 22.2. The van der Waals surface area contributed by atoms with E-state index in [0.717, 1.165) is 20.5 Å². The summed E-state index contributed by atoms with van der Waals surface area (Å²) in [4.78, 5) is 27.1. The summed E-state index contributed by atoms with van der Waals surface area (Å²) in [6.45, 7) is -0.162. The van der Waals surface area contributed by atoms with Gasteiger partial charge in [-0.25, -0.2) is 13.3 Å². The van der Waals surface area contributed by atoms with Gasteiger partial charge in [0, 0.05) is 11.6 Å². The van der Waals surface area contributed by atoms with Crippen LogP contribution in [0.15, 0.2) is 70.3 Å². The number of carbonyl (C=O) groups excluding carboxylic acids is 2. The molecule has 0 N–H and O–H groups in total. The standard InChI is InChI=1S/C22H16ClN3O4S2/c23-18-5-2-1-4-16(18)14-25(32(29,30)21-6-3-11-31-21)19-12-20(27)26(22(19)28)17-9-7-15(13-24)8-10-17/h1-11,19H,12,14H2. The fourth-order valence-electron chi connectivity index (χ4n) is 3.48. The first-order chi connectivity index (χ1) is 15.3. The van der Waals surface area contributed by atoms with Gasteiger partial charge in [-0.15, -0.1) is 11.3 Å². The molecular weight excluding hydrogens is 470 g/mol. The van der Waals surface area contributed by atoms with Gasteiger partial charge >= 0.3 is 0 Å². The number of sulfonamides is 1. The van der Waals surface area contributed by atoms with Gasteiger partial charge in [0.15, 0.2) is 0 Å². The van der Waals surface area contributed by atoms with Gasteiger partial charge in [-0.2, -0.15) is 9.57 Å². The Bertz CT molecular complexity index is 1320. The van der Waals surface area contributed by atoms with E-state index >= 15 is 0 Å². The summed E-state index contributed by atoms with van der Waals surface area (Å²) in [5, 5.41) is 11.0. The second-order valence-corrected chi connectivity index (χ2v) is 10.5. The molecule has 2 aromatic carbocycles. The number of halogens is 1. The monoisotopic (exact) mass is 485 g/mol. The Balaban J connectivity index is 1.74. The van der Waals surface area contributed by atoms with Crippen LogP contribution < -0.4 is 4.90 Å². The van der Waals surface area contributed by atoms with Crippen LogP contribution in [0.5, 0.6) is 0 Å². The van der Waals surface area contributed by atoms with Crippen molar-refractivity contribution in [3.63, 3.8) is 0 Å². The van der Waals surface area contributed by atoms with Crippen molar-refractivity contribution in [1.29, 1.82) is 5.26 Å². The highest BCUT2D eigenvalue weighted by atomic mass is 35.5. The number of hydrogen-bond donors (Lipinski definition) is 0. The quantitative estimate of drug-likeness (QED) is 0.494. The Morgan fingerprint density at radius 3 is 2.44 bits per heavy atom. The van der Waals surface area contributed by atoms with Crippen LogP contribution in [0.25, 0.3) is 0 Å². The largest absolute Gasteiger partial charge is 0.274 e. The van der Waals surface area contributed by atoms with E-state index in [9.17, 15) is 18.0 Å². The van der Waals surface area contributed by atoms with Crippen LogP contribution in [0.2, 0.25) is 5.02 Å². The predicted molar refractivity (Wildman–Crippen MR) is 121 cm³/mol. The number of nitrogens with zero attached hydrogens (tertiary/aromatic N) is 3. The number of anilines is 1. The molecule has 0 spiro atoms. The summed E-state index contributed by atoms with van der Waals surface area (Å²) >= 11 is 7.29. The normalized spacial score (nSPS) is 16.5. The van der Waals surface area contributed by atoms with Crippen molar-refractivity contribution < 1.29 is 18.0 Å². The molecule has 4 rings (SSSR count). The van der Waals surface area contributed by atoms with E-state index in [1.807, 2.05) is 6.07 Å². The van der Waals surface area contributed by atoms with E-state index in [0.29, 0.717) is 16.1 Å². The highest BCUT2D eigenvalue weighted by Crippen LogP contribution is 2.33. The molecule has 1 aliphatic heterocycles. The molecule has 162 valence electrons. The van der Waals surface area contributed by atoms with Crippen molar-refractivity contribution in [1.82, 2.24) is 4.31 Å². The summed E-state index contributed by atoms with van der Waals surface area (Å²) in [7, 11) is -4.08. The molecule has 1 aliphatic rings. The lowest BCUT2D eigenvalue weighted by Crippen LogP contribution is -2.44. The summed E-state index contributed by atoms with van der Waals surface area (Å²) in [5.41, 5.74) is 1.18. The van der Waals surface area contributed by atoms with Gasteiger partial charge in [-0.1, -0.05) is 35.9 Å². The molecule has 7 nitrogen and oxygen atoms in total. The molecule has 2 amide bonds. The lowest BCUT2D eigenvalue weighted by molar-refractivity contribution is -0.122. The van der Waals surface area contributed by atoms with Gasteiger partial charge in [0.25, 0.3) is 15.9 Å². The maximum Gasteiger partial charge on any atom is 0.253 e. The maximum atomic E-state index is 13.5. The fraction of sp³-hybridized carbons (Fsp3) is 0.136. The number of amides is 2. The molecule has 32 heavy (non-hydrogen) atoms. The number of carbonyl (C=O) groups is 2. The first-order valence-corrected chi connectivity index (χ1v) is 12.2. The molecule has 0 aliphatic carbocycles. The Labute approximate surface area is 194 Å². The lowest BCUT2D eigenvalue weighted by Gasteiger charge is -2.26. The minimum Gasteiger partial charge on any atom is -0.274 e. The minimum atomic E-state index is -4.08. The smallest absolute Gasteiger partial charge is 0.253 e. The Morgan fingerprint density at radius 1 is 1.09 bits per heavy atom. The number of imide groups is 1. The minimum absolute atomic E-state index is 0.0709. The second kappa shape index (κ2) is 8.84. The molecule has 1 aromatic heterocycles. The van der Waals surface area contributed by atoms with Crippen LogP contribution in [0, 0.1) is 11.3 Å². The van der Waals surface area contributed by atoms with Gasteiger partial charge in [0.2, 0.25) is 5.91 Å². The number of benzene rings is 2. The van der Waals surface area contributed by atoms with Crippen LogP contribution in [-0.4, -0.2) is 30.6 Å². The van der Waals surface area contributed by atoms with Crippen LogP contribution >= 0.6 is 22.9 Å². The van der Waals surface area contributed by atoms with Gasteiger partial charge in [0.1, 0.15) is 10.3 Å². The van der Waals surface area contributed by atoms with Crippen LogP contribution in [0.1, 0.15) is 17.5 Å². The van der Waals surface area contributed by atoms with Crippen molar-refractivity contribution in [2.45, 2.75) is 23.2 Å². The molecule has 0 saturated carbocycles. The average molecular weight is 486 g/mol. The predicted octanol–water partition coefficient (Wildman–Crippen LogP) is 3.80. The van der Waals surface area contributed by atoms with E-state index in [1.54, 1.807) is 35.7 Å². The number of nitriles is 1. The average Bonchev–Trinajstić information content (AvgIpc) is 3.42. The van der Waals surface area contributed by atoms with Crippen molar-refractivity contribution in [3.8, 4) is 6.07 Å². The molecule has 10 heteroatoms. The SMILES string of the molecule is N#Cc1ccc(N2C(=O)CC(N(Cc3ccccc3Cl)S(=O)(=O)c3cccs3)C2=O)cc1. The third-order valence-corrected chi connectivity index (χ3v) is 8.66. The van der Waals surface area contributed by atoms with Crippen LogP contribution in [0.4, 0.5) is 5.69 Å². The zero-order valence-corrected chi connectivity index (χ0v) is 18.9. The zero-order valence-electron chi connectivity index (χ0n) is 16.5. The summed E-state index contributed by atoms with van der Waals surface area (Å²) < 4.78 is 28.0. The Hall–Kier alpha value is -3.03. The van der Waals surface area contributed by atoms with Crippen molar-refractivity contribution in [3.05, 3.63) is 82.2 Å². The topological polar surface area (TPSA) is 98.5 Å². The van der Waals surface area contributed by atoms with Crippen molar-refractivity contribution in [2.24, 2.45) is 0 Å². The van der Waals surface area contributed by atoms with E-state index < -0.39 is 27.9 Å². The molecule has 3 aromatic rings. The maximum absolute atomic E-state index is 13.5. The van der Waals surface area contributed by atoms with Crippen LogP contribution in [0.3, 0.4) is 0 Å². The van der Waals surface area contributed by atoms with Crippen molar-refractivity contribution >= 4 is 50.5 Å². The summed E-state index contributed by atoms with van der Waals surface area (Å²) in [6.07, 6.45) is -0.298. The number of thiophene rings is 1.